The second kappa shape index (κ2) is 10.6. The van der Waals surface area contributed by atoms with Crippen molar-refractivity contribution in [2.24, 2.45) is 0 Å². The Labute approximate surface area is 181 Å². The first-order chi connectivity index (χ1) is 15.0. The first kappa shape index (κ1) is 22.3. The summed E-state index contributed by atoms with van der Waals surface area (Å²) in [7, 11) is 0. The molecule has 0 fully saturated rings. The molecule has 7 heteroatoms. The van der Waals surface area contributed by atoms with Gasteiger partial charge in [0.15, 0.2) is 23.1 Å². The lowest BCUT2D eigenvalue weighted by atomic mass is 10.1. The number of carbonyl (C=O) groups is 1. The minimum Gasteiger partial charge on any atom is -0.490 e. The number of ether oxygens (including phenoxy) is 2. The third-order valence-electron chi connectivity index (χ3n) is 4.70. The molecule has 0 radical (unpaired) electrons. The number of aryl methyl sites for hydroxylation is 1. The SMILES string of the molecule is CCOc1ccc(C(C)NC(=O)CCc2ncc(-c3ccccc3F)o2)cc1OCC. The maximum absolute atomic E-state index is 13.9. The van der Waals surface area contributed by atoms with Gasteiger partial charge in [0.25, 0.3) is 0 Å². The summed E-state index contributed by atoms with van der Waals surface area (Å²) in [6, 6.07) is 11.8. The molecule has 6 nitrogen and oxygen atoms in total. The van der Waals surface area contributed by atoms with Crippen LogP contribution in [0.15, 0.2) is 53.1 Å². The Balaban J connectivity index is 1.57. The van der Waals surface area contributed by atoms with Gasteiger partial charge in [0, 0.05) is 12.8 Å². The van der Waals surface area contributed by atoms with Gasteiger partial charge in [-0.1, -0.05) is 18.2 Å². The van der Waals surface area contributed by atoms with Crippen molar-refractivity contribution in [3.63, 3.8) is 0 Å². The Morgan fingerprint density at radius 3 is 2.61 bits per heavy atom. The number of benzene rings is 2. The van der Waals surface area contributed by atoms with Crippen molar-refractivity contribution in [3.8, 4) is 22.8 Å². The van der Waals surface area contributed by atoms with Gasteiger partial charge in [-0.15, -0.1) is 0 Å². The molecule has 3 rings (SSSR count). The average Bonchev–Trinajstić information content (AvgIpc) is 3.23. The van der Waals surface area contributed by atoms with Gasteiger partial charge in [-0.3, -0.25) is 4.79 Å². The number of hydrogen-bond donors (Lipinski definition) is 1. The molecule has 0 saturated heterocycles. The zero-order chi connectivity index (χ0) is 22.2. The molecular weight excluding hydrogens is 399 g/mol. The molecule has 31 heavy (non-hydrogen) atoms. The Bertz CT molecular complexity index is 1020. The van der Waals surface area contributed by atoms with E-state index in [4.69, 9.17) is 13.9 Å². The molecule has 3 aromatic rings. The third kappa shape index (κ3) is 5.84. The Kier molecular flexibility index (Phi) is 7.65. The zero-order valence-corrected chi connectivity index (χ0v) is 18.0. The van der Waals surface area contributed by atoms with Gasteiger partial charge < -0.3 is 19.2 Å². The number of amides is 1. The first-order valence-corrected chi connectivity index (χ1v) is 10.4. The predicted molar refractivity (Wildman–Crippen MR) is 116 cm³/mol. The van der Waals surface area contributed by atoms with Gasteiger partial charge >= 0.3 is 0 Å². The molecule has 1 unspecified atom stereocenters. The van der Waals surface area contributed by atoms with Crippen molar-refractivity contribution < 1.29 is 23.1 Å². The van der Waals surface area contributed by atoms with Crippen molar-refractivity contribution in [2.45, 2.75) is 39.7 Å². The molecule has 2 aromatic carbocycles. The molecule has 1 amide bonds. The third-order valence-corrected chi connectivity index (χ3v) is 4.70. The molecule has 0 aliphatic rings. The summed E-state index contributed by atoms with van der Waals surface area (Å²) >= 11 is 0. The van der Waals surface area contributed by atoms with Gasteiger partial charge in [-0.05, 0) is 50.6 Å². The Morgan fingerprint density at radius 1 is 1.13 bits per heavy atom. The van der Waals surface area contributed by atoms with E-state index in [1.807, 2.05) is 39.0 Å². The molecule has 1 atom stereocenters. The van der Waals surface area contributed by atoms with Crippen LogP contribution in [0.2, 0.25) is 0 Å². The highest BCUT2D eigenvalue weighted by Crippen LogP contribution is 2.31. The first-order valence-electron chi connectivity index (χ1n) is 10.4. The monoisotopic (exact) mass is 426 g/mol. The molecule has 164 valence electrons. The van der Waals surface area contributed by atoms with Crippen molar-refractivity contribution in [3.05, 3.63) is 65.9 Å². The van der Waals surface area contributed by atoms with Gasteiger partial charge in [0.1, 0.15) is 5.82 Å². The lowest BCUT2D eigenvalue weighted by molar-refractivity contribution is -0.121. The maximum atomic E-state index is 13.9. The maximum Gasteiger partial charge on any atom is 0.220 e. The molecule has 0 aliphatic heterocycles. The molecule has 0 aliphatic carbocycles. The summed E-state index contributed by atoms with van der Waals surface area (Å²) in [5, 5.41) is 2.97. The van der Waals surface area contributed by atoms with Gasteiger partial charge in [0.2, 0.25) is 5.91 Å². The summed E-state index contributed by atoms with van der Waals surface area (Å²) < 4.78 is 30.7. The minimum atomic E-state index is -0.376. The van der Waals surface area contributed by atoms with Crippen LogP contribution in [-0.2, 0) is 11.2 Å². The van der Waals surface area contributed by atoms with Gasteiger partial charge in [-0.25, -0.2) is 9.37 Å². The van der Waals surface area contributed by atoms with Crippen molar-refractivity contribution in [1.29, 1.82) is 0 Å². The zero-order valence-electron chi connectivity index (χ0n) is 18.0. The number of nitrogens with zero attached hydrogens (tertiary/aromatic N) is 1. The van der Waals surface area contributed by atoms with Gasteiger partial charge in [-0.2, -0.15) is 0 Å². The summed E-state index contributed by atoms with van der Waals surface area (Å²) in [6.07, 6.45) is 2.00. The van der Waals surface area contributed by atoms with Crippen LogP contribution in [-0.4, -0.2) is 24.1 Å². The predicted octanol–water partition coefficient (Wildman–Crippen LogP) is 5.09. The number of hydrogen-bond acceptors (Lipinski definition) is 5. The van der Waals surface area contributed by atoms with Gasteiger partial charge in [0.05, 0.1) is 31.0 Å². The molecule has 1 aromatic heterocycles. The number of nitrogens with one attached hydrogen (secondary N) is 1. The van der Waals surface area contributed by atoms with Crippen LogP contribution in [0.4, 0.5) is 4.39 Å². The van der Waals surface area contributed by atoms with E-state index in [1.165, 1.54) is 12.3 Å². The van der Waals surface area contributed by atoms with Crippen LogP contribution in [0.3, 0.4) is 0 Å². The molecular formula is C24H27FN2O4. The van der Waals surface area contributed by atoms with Crippen LogP contribution < -0.4 is 14.8 Å². The van der Waals surface area contributed by atoms with E-state index in [-0.39, 0.29) is 24.2 Å². The van der Waals surface area contributed by atoms with Crippen LogP contribution in [0.25, 0.3) is 11.3 Å². The van der Waals surface area contributed by atoms with Crippen LogP contribution in [0.5, 0.6) is 11.5 Å². The Hall–Kier alpha value is -3.35. The van der Waals surface area contributed by atoms with E-state index in [1.54, 1.807) is 18.2 Å². The van der Waals surface area contributed by atoms with Crippen LogP contribution in [0, 0.1) is 5.82 Å². The van der Waals surface area contributed by atoms with E-state index in [9.17, 15) is 9.18 Å². The van der Waals surface area contributed by atoms with Crippen LogP contribution >= 0.6 is 0 Å². The molecule has 1 N–H and O–H groups in total. The fraction of sp³-hybridized carbons (Fsp3) is 0.333. The van der Waals surface area contributed by atoms with E-state index in [0.717, 1.165) is 5.56 Å². The molecule has 1 heterocycles. The number of carbonyl (C=O) groups excluding carboxylic acids is 1. The number of rotatable bonds is 10. The standard InChI is InChI=1S/C24H27FN2O4/c1-4-29-20-11-10-17(14-21(20)30-5-2)16(3)27-23(28)12-13-24-26-15-22(31-24)18-8-6-7-9-19(18)25/h6-11,14-16H,4-5,12-13H2,1-3H3,(H,27,28). The highest BCUT2D eigenvalue weighted by Gasteiger charge is 2.15. The highest BCUT2D eigenvalue weighted by molar-refractivity contribution is 5.76. The second-order valence-electron chi connectivity index (χ2n) is 6.96. The topological polar surface area (TPSA) is 73.6 Å². The normalized spacial score (nSPS) is 11.7. The van der Waals surface area contributed by atoms with E-state index < -0.39 is 0 Å². The molecule has 0 saturated carbocycles. The average molecular weight is 426 g/mol. The quantitative estimate of drug-likeness (QED) is 0.489. The molecule has 0 spiro atoms. The fourth-order valence-electron chi connectivity index (χ4n) is 3.17. The number of aromatic nitrogens is 1. The summed E-state index contributed by atoms with van der Waals surface area (Å²) in [4.78, 5) is 16.6. The summed E-state index contributed by atoms with van der Waals surface area (Å²) in [6.45, 7) is 6.80. The Morgan fingerprint density at radius 2 is 1.87 bits per heavy atom. The van der Waals surface area contributed by atoms with Crippen LogP contribution in [0.1, 0.15) is 44.7 Å². The highest BCUT2D eigenvalue weighted by atomic mass is 19.1. The second-order valence-corrected chi connectivity index (χ2v) is 6.96. The van der Waals surface area contributed by atoms with E-state index in [2.05, 4.69) is 10.3 Å². The van der Waals surface area contributed by atoms with E-state index >= 15 is 0 Å². The lowest BCUT2D eigenvalue weighted by Gasteiger charge is -2.17. The smallest absolute Gasteiger partial charge is 0.220 e. The largest absolute Gasteiger partial charge is 0.490 e. The minimum absolute atomic E-state index is 0.134. The summed E-state index contributed by atoms with van der Waals surface area (Å²) in [5.74, 6) is 1.56. The number of oxazole rings is 1. The summed E-state index contributed by atoms with van der Waals surface area (Å²) in [5.41, 5.74) is 1.26. The number of halogens is 1. The van der Waals surface area contributed by atoms with Crippen molar-refractivity contribution in [2.75, 3.05) is 13.2 Å². The van der Waals surface area contributed by atoms with Crippen molar-refractivity contribution in [1.82, 2.24) is 10.3 Å². The molecule has 0 bridgehead atoms. The van der Waals surface area contributed by atoms with Crippen molar-refractivity contribution >= 4 is 5.91 Å². The lowest BCUT2D eigenvalue weighted by Crippen LogP contribution is -2.26. The van der Waals surface area contributed by atoms with E-state index in [0.29, 0.717) is 48.3 Å². The fourth-order valence-corrected chi connectivity index (χ4v) is 3.17.